The molecule has 0 heterocycles. The van der Waals surface area contributed by atoms with Crippen LogP contribution in [0.3, 0.4) is 0 Å². The Kier molecular flexibility index (Phi) is 3.65. The van der Waals surface area contributed by atoms with Crippen LogP contribution in [0.4, 0.5) is 0 Å². The van der Waals surface area contributed by atoms with Gasteiger partial charge in [0.1, 0.15) is 0 Å². The van der Waals surface area contributed by atoms with E-state index >= 15 is 0 Å². The molecule has 0 aromatic heterocycles. The molecule has 1 saturated carbocycles. The average Bonchev–Trinajstić information content (AvgIpc) is 2.44. The van der Waals surface area contributed by atoms with Crippen molar-refractivity contribution < 1.29 is 0 Å². The second-order valence-corrected chi connectivity index (χ2v) is 5.45. The highest BCUT2D eigenvalue weighted by atomic mass is 14.9. The maximum atomic E-state index is 3.48. The van der Waals surface area contributed by atoms with Gasteiger partial charge in [-0.2, -0.15) is 0 Å². The maximum Gasteiger partial charge on any atom is 0.0346 e. The number of rotatable bonds is 4. The van der Waals surface area contributed by atoms with Gasteiger partial charge in [-0.25, -0.2) is 0 Å². The standard InChI is InChI=1S/C18H21N/c1-19-18(16-8-5-9-16)17-12-10-15(11-13-17)14-6-3-2-4-7-14/h2-4,6-7,10-13,16,18-19H,5,8-9H2,1H3. The van der Waals surface area contributed by atoms with E-state index in [0.29, 0.717) is 6.04 Å². The zero-order valence-electron chi connectivity index (χ0n) is 11.5. The van der Waals surface area contributed by atoms with Crippen molar-refractivity contribution in [3.8, 4) is 11.1 Å². The van der Waals surface area contributed by atoms with Crippen molar-refractivity contribution in [3.05, 3.63) is 60.2 Å². The van der Waals surface area contributed by atoms with Crippen LogP contribution < -0.4 is 5.32 Å². The minimum atomic E-state index is 0.526. The van der Waals surface area contributed by atoms with Gasteiger partial charge in [-0.05, 0) is 42.5 Å². The van der Waals surface area contributed by atoms with Crippen molar-refractivity contribution in [3.63, 3.8) is 0 Å². The third-order valence-electron chi connectivity index (χ3n) is 4.31. The summed E-state index contributed by atoms with van der Waals surface area (Å²) in [5.41, 5.74) is 4.01. The summed E-state index contributed by atoms with van der Waals surface area (Å²) in [6, 6.07) is 20.1. The van der Waals surface area contributed by atoms with Gasteiger partial charge in [0.05, 0.1) is 0 Å². The first-order valence-electron chi connectivity index (χ1n) is 7.21. The SMILES string of the molecule is CNC(c1ccc(-c2ccccc2)cc1)C1CCC1. The molecular formula is C18H21N. The number of benzene rings is 2. The van der Waals surface area contributed by atoms with Gasteiger partial charge in [0, 0.05) is 6.04 Å². The smallest absolute Gasteiger partial charge is 0.0346 e. The molecule has 1 unspecified atom stereocenters. The third-order valence-corrected chi connectivity index (χ3v) is 4.31. The van der Waals surface area contributed by atoms with Crippen molar-refractivity contribution >= 4 is 0 Å². The van der Waals surface area contributed by atoms with Gasteiger partial charge in [0.15, 0.2) is 0 Å². The largest absolute Gasteiger partial charge is 0.313 e. The molecule has 0 amide bonds. The first kappa shape index (κ1) is 12.4. The number of hydrogen-bond acceptors (Lipinski definition) is 1. The van der Waals surface area contributed by atoms with Crippen LogP contribution in [0.1, 0.15) is 30.9 Å². The lowest BCUT2D eigenvalue weighted by Crippen LogP contribution is -2.29. The Morgan fingerprint density at radius 1 is 0.895 bits per heavy atom. The Balaban J connectivity index is 1.82. The van der Waals surface area contributed by atoms with Crippen LogP contribution in [0.15, 0.2) is 54.6 Å². The second kappa shape index (κ2) is 5.58. The fourth-order valence-electron chi connectivity index (χ4n) is 2.96. The normalized spacial score (nSPS) is 16.9. The van der Waals surface area contributed by atoms with Crippen LogP contribution in [0.25, 0.3) is 11.1 Å². The molecule has 19 heavy (non-hydrogen) atoms. The van der Waals surface area contributed by atoms with Crippen molar-refractivity contribution in [1.29, 1.82) is 0 Å². The Bertz CT molecular complexity index is 511. The van der Waals surface area contributed by atoms with E-state index in [1.807, 2.05) is 0 Å². The molecule has 98 valence electrons. The highest BCUT2D eigenvalue weighted by Crippen LogP contribution is 2.37. The highest BCUT2D eigenvalue weighted by Gasteiger charge is 2.27. The van der Waals surface area contributed by atoms with Crippen LogP contribution in [0.5, 0.6) is 0 Å². The monoisotopic (exact) mass is 251 g/mol. The molecule has 1 aliphatic carbocycles. The van der Waals surface area contributed by atoms with Gasteiger partial charge in [0.2, 0.25) is 0 Å². The Hall–Kier alpha value is -1.60. The molecule has 1 nitrogen and oxygen atoms in total. The fourth-order valence-corrected chi connectivity index (χ4v) is 2.96. The molecule has 1 N–H and O–H groups in total. The van der Waals surface area contributed by atoms with Gasteiger partial charge in [-0.1, -0.05) is 61.0 Å². The van der Waals surface area contributed by atoms with E-state index in [9.17, 15) is 0 Å². The number of hydrogen-bond donors (Lipinski definition) is 1. The summed E-state index contributed by atoms with van der Waals surface area (Å²) in [4.78, 5) is 0. The summed E-state index contributed by atoms with van der Waals surface area (Å²) in [6.07, 6.45) is 4.13. The lowest BCUT2D eigenvalue weighted by Gasteiger charge is -2.34. The molecule has 1 aliphatic rings. The predicted molar refractivity (Wildman–Crippen MR) is 81.0 cm³/mol. The van der Waals surface area contributed by atoms with E-state index in [-0.39, 0.29) is 0 Å². The summed E-state index contributed by atoms with van der Waals surface area (Å²) in [6.45, 7) is 0. The fraction of sp³-hybridized carbons (Fsp3) is 0.333. The predicted octanol–water partition coefficient (Wildman–Crippen LogP) is 4.41. The Morgan fingerprint density at radius 3 is 2.05 bits per heavy atom. The highest BCUT2D eigenvalue weighted by molar-refractivity contribution is 5.63. The molecule has 1 heteroatoms. The molecule has 2 aromatic carbocycles. The minimum absolute atomic E-state index is 0.526. The van der Waals surface area contributed by atoms with E-state index in [1.54, 1.807) is 0 Å². The summed E-state index contributed by atoms with van der Waals surface area (Å²) >= 11 is 0. The molecule has 2 aromatic rings. The van der Waals surface area contributed by atoms with Crippen molar-refractivity contribution in [2.45, 2.75) is 25.3 Å². The Labute approximate surface area is 115 Å². The lowest BCUT2D eigenvalue weighted by atomic mass is 9.77. The molecule has 0 spiro atoms. The quantitative estimate of drug-likeness (QED) is 0.848. The zero-order valence-corrected chi connectivity index (χ0v) is 11.5. The van der Waals surface area contributed by atoms with Crippen LogP contribution in [-0.4, -0.2) is 7.05 Å². The molecular weight excluding hydrogens is 230 g/mol. The first-order chi connectivity index (χ1) is 9.38. The van der Waals surface area contributed by atoms with Crippen LogP contribution in [0.2, 0.25) is 0 Å². The number of nitrogens with one attached hydrogen (secondary N) is 1. The Morgan fingerprint density at radius 2 is 1.53 bits per heavy atom. The summed E-state index contributed by atoms with van der Waals surface area (Å²) in [5.74, 6) is 0.826. The molecule has 3 rings (SSSR count). The lowest BCUT2D eigenvalue weighted by molar-refractivity contribution is 0.239. The summed E-state index contributed by atoms with van der Waals surface area (Å²) in [5, 5.41) is 3.48. The second-order valence-electron chi connectivity index (χ2n) is 5.45. The van der Waals surface area contributed by atoms with Gasteiger partial charge in [-0.15, -0.1) is 0 Å². The van der Waals surface area contributed by atoms with E-state index in [2.05, 4.69) is 67.0 Å². The van der Waals surface area contributed by atoms with Gasteiger partial charge in [-0.3, -0.25) is 0 Å². The molecule has 1 atom stereocenters. The summed E-state index contributed by atoms with van der Waals surface area (Å²) in [7, 11) is 2.08. The zero-order chi connectivity index (χ0) is 13.1. The van der Waals surface area contributed by atoms with Crippen molar-refractivity contribution in [2.75, 3.05) is 7.05 Å². The molecule has 0 aliphatic heterocycles. The van der Waals surface area contributed by atoms with E-state index in [4.69, 9.17) is 0 Å². The summed E-state index contributed by atoms with van der Waals surface area (Å²) < 4.78 is 0. The van der Waals surface area contributed by atoms with Crippen molar-refractivity contribution in [2.24, 2.45) is 5.92 Å². The van der Waals surface area contributed by atoms with E-state index in [0.717, 1.165) is 5.92 Å². The van der Waals surface area contributed by atoms with Crippen LogP contribution in [0, 0.1) is 5.92 Å². The molecule has 0 saturated heterocycles. The van der Waals surface area contributed by atoms with Gasteiger partial charge in [0.25, 0.3) is 0 Å². The topological polar surface area (TPSA) is 12.0 Å². The van der Waals surface area contributed by atoms with Crippen LogP contribution >= 0.6 is 0 Å². The molecule has 1 fully saturated rings. The average molecular weight is 251 g/mol. The minimum Gasteiger partial charge on any atom is -0.313 e. The van der Waals surface area contributed by atoms with E-state index < -0.39 is 0 Å². The first-order valence-corrected chi connectivity index (χ1v) is 7.21. The molecule has 0 bridgehead atoms. The van der Waals surface area contributed by atoms with Crippen molar-refractivity contribution in [1.82, 2.24) is 5.32 Å². The maximum absolute atomic E-state index is 3.48. The van der Waals surface area contributed by atoms with Gasteiger partial charge < -0.3 is 5.32 Å². The van der Waals surface area contributed by atoms with Crippen LogP contribution in [-0.2, 0) is 0 Å². The molecule has 0 radical (unpaired) electrons. The van der Waals surface area contributed by atoms with Gasteiger partial charge >= 0.3 is 0 Å². The van der Waals surface area contributed by atoms with E-state index in [1.165, 1.54) is 36.0 Å². The third kappa shape index (κ3) is 2.57.